The Labute approximate surface area is 111 Å². The number of carbonyl (C=O) groups excluding carboxylic acids is 1. The second-order valence-electron chi connectivity index (χ2n) is 4.22. The fourth-order valence-corrected chi connectivity index (χ4v) is 1.69. The minimum atomic E-state index is -1.19. The van der Waals surface area contributed by atoms with Crippen LogP contribution in [0.4, 0.5) is 0 Å². The average Bonchev–Trinajstić information content (AvgIpc) is 2.81. The molecule has 19 heavy (non-hydrogen) atoms. The summed E-state index contributed by atoms with van der Waals surface area (Å²) in [6.07, 6.45) is 3.32. The van der Waals surface area contributed by atoms with Gasteiger partial charge in [0.05, 0.1) is 18.3 Å². The maximum absolute atomic E-state index is 11.1. The molecule has 0 radical (unpaired) electrons. The zero-order chi connectivity index (χ0) is 13.7. The summed E-state index contributed by atoms with van der Waals surface area (Å²) in [5, 5.41) is 11.1. The fraction of sp³-hybridized carbons (Fsp3) is 0.214. The average molecular weight is 256 g/mol. The molecule has 5 heteroatoms. The molecule has 0 aliphatic heterocycles. The smallest absolute Gasteiger partial charge is 0.102 e. The number of aliphatic carboxylic acids is 1. The molecule has 5 nitrogen and oxygen atoms in total. The highest BCUT2D eigenvalue weighted by molar-refractivity contribution is 5.82. The number of H-pyrrole nitrogens is 1. The number of hydrogen-bond donors (Lipinski definition) is 1. The molecule has 98 valence electrons. The number of imidazole rings is 1. The van der Waals surface area contributed by atoms with E-state index in [0.717, 1.165) is 11.3 Å². The Morgan fingerprint density at radius 1 is 1.47 bits per heavy atom. The van der Waals surface area contributed by atoms with E-state index < -0.39 is 12.0 Å². The van der Waals surface area contributed by atoms with Crippen LogP contribution in [-0.2, 0) is 11.2 Å². The molecule has 2 aromatic rings. The van der Waals surface area contributed by atoms with Gasteiger partial charge in [-0.05, 0) is 12.5 Å². The van der Waals surface area contributed by atoms with Crippen molar-refractivity contribution in [1.29, 1.82) is 0 Å². The molecule has 0 spiro atoms. The third kappa shape index (κ3) is 3.51. The lowest BCUT2D eigenvalue weighted by molar-refractivity contribution is -0.307. The van der Waals surface area contributed by atoms with Crippen molar-refractivity contribution in [2.75, 3.05) is 0 Å². The van der Waals surface area contributed by atoms with Gasteiger partial charge in [-0.2, -0.15) is 0 Å². The monoisotopic (exact) mass is 256 g/mol. The Morgan fingerprint density at radius 2 is 2.21 bits per heavy atom. The van der Waals surface area contributed by atoms with Crippen LogP contribution in [0.25, 0.3) is 0 Å². The van der Waals surface area contributed by atoms with Crippen molar-refractivity contribution in [2.24, 2.45) is 4.99 Å². The van der Waals surface area contributed by atoms with E-state index in [0.29, 0.717) is 12.1 Å². The first kappa shape index (κ1) is 13.0. The molecule has 0 fully saturated rings. The predicted molar refractivity (Wildman–Crippen MR) is 69.9 cm³/mol. The van der Waals surface area contributed by atoms with E-state index >= 15 is 0 Å². The van der Waals surface area contributed by atoms with Gasteiger partial charge in [0, 0.05) is 18.3 Å². The number of hydrogen-bond acceptors (Lipinski definition) is 4. The SMILES string of the molecule is Cc1[nH]cnc1C=N[C@H](Cc1ccccc1)C(=O)[O-]. The molecule has 1 atom stereocenters. The van der Waals surface area contributed by atoms with Gasteiger partial charge in [-0.25, -0.2) is 4.98 Å². The molecule has 0 saturated carbocycles. The van der Waals surface area contributed by atoms with Gasteiger partial charge in [0.15, 0.2) is 0 Å². The number of benzene rings is 1. The minimum Gasteiger partial charge on any atom is -0.548 e. The first-order valence-electron chi connectivity index (χ1n) is 5.94. The van der Waals surface area contributed by atoms with Crippen molar-refractivity contribution in [1.82, 2.24) is 9.97 Å². The summed E-state index contributed by atoms with van der Waals surface area (Å²) < 4.78 is 0. The van der Waals surface area contributed by atoms with E-state index in [9.17, 15) is 9.90 Å². The van der Waals surface area contributed by atoms with Gasteiger partial charge in [-0.15, -0.1) is 0 Å². The fourth-order valence-electron chi connectivity index (χ4n) is 1.69. The normalized spacial score (nSPS) is 12.7. The summed E-state index contributed by atoms with van der Waals surface area (Å²) in [7, 11) is 0. The zero-order valence-corrected chi connectivity index (χ0v) is 10.5. The second kappa shape index (κ2) is 5.95. The van der Waals surface area contributed by atoms with E-state index in [2.05, 4.69) is 15.0 Å². The maximum atomic E-state index is 11.1. The molecule has 0 bridgehead atoms. The van der Waals surface area contributed by atoms with Crippen LogP contribution in [0.5, 0.6) is 0 Å². The lowest BCUT2D eigenvalue weighted by atomic mass is 10.1. The summed E-state index contributed by atoms with van der Waals surface area (Å²) >= 11 is 0. The van der Waals surface area contributed by atoms with E-state index in [4.69, 9.17) is 0 Å². The Kier molecular flexibility index (Phi) is 4.07. The Balaban J connectivity index is 2.11. The summed E-state index contributed by atoms with van der Waals surface area (Å²) in [6.45, 7) is 1.85. The number of aromatic amines is 1. The van der Waals surface area contributed by atoms with Crippen molar-refractivity contribution in [2.45, 2.75) is 19.4 Å². The van der Waals surface area contributed by atoms with E-state index in [1.165, 1.54) is 6.21 Å². The third-order valence-corrected chi connectivity index (χ3v) is 2.79. The van der Waals surface area contributed by atoms with Crippen LogP contribution in [0.15, 0.2) is 41.7 Å². The van der Waals surface area contributed by atoms with Crippen LogP contribution in [0.3, 0.4) is 0 Å². The van der Waals surface area contributed by atoms with Crippen LogP contribution < -0.4 is 5.11 Å². The molecule has 0 unspecified atom stereocenters. The van der Waals surface area contributed by atoms with Crippen LogP contribution in [0.1, 0.15) is 17.0 Å². The number of nitrogens with one attached hydrogen (secondary N) is 1. The molecular formula is C14H14N3O2-. The molecule has 1 heterocycles. The number of nitrogens with zero attached hydrogens (tertiary/aromatic N) is 2. The number of rotatable bonds is 5. The Hall–Kier alpha value is -2.43. The largest absolute Gasteiger partial charge is 0.548 e. The Morgan fingerprint density at radius 3 is 2.79 bits per heavy atom. The van der Waals surface area contributed by atoms with E-state index in [-0.39, 0.29) is 0 Å². The Bertz CT molecular complexity index is 575. The standard InChI is InChI=1S/C14H15N3O2/c1-10-13(17-9-16-10)8-15-12(14(18)19)7-11-5-3-2-4-6-11/h2-6,8-9,12H,7H2,1H3,(H,16,17)(H,18,19)/p-1/t12-/m1/s1. The number of carbonyl (C=O) groups is 1. The molecule has 0 amide bonds. The van der Waals surface area contributed by atoms with Crippen molar-refractivity contribution in [3.05, 3.63) is 53.6 Å². The minimum absolute atomic E-state index is 0.309. The van der Waals surface area contributed by atoms with Crippen molar-refractivity contribution in [3.8, 4) is 0 Å². The van der Waals surface area contributed by atoms with Gasteiger partial charge >= 0.3 is 0 Å². The van der Waals surface area contributed by atoms with Crippen LogP contribution in [0.2, 0.25) is 0 Å². The number of carboxylic acids is 1. The molecule has 1 N–H and O–H groups in total. The molecule has 1 aromatic heterocycles. The first-order valence-corrected chi connectivity index (χ1v) is 5.94. The van der Waals surface area contributed by atoms with Crippen LogP contribution in [-0.4, -0.2) is 28.2 Å². The summed E-state index contributed by atoms with van der Waals surface area (Å²) in [4.78, 5) is 22.1. The van der Waals surface area contributed by atoms with Gasteiger partial charge in [0.1, 0.15) is 5.69 Å². The number of carboxylic acid groups (broad SMARTS) is 1. The third-order valence-electron chi connectivity index (χ3n) is 2.79. The molecule has 0 aliphatic rings. The number of aryl methyl sites for hydroxylation is 1. The molecule has 0 aliphatic carbocycles. The highest BCUT2D eigenvalue weighted by Crippen LogP contribution is 2.06. The molecule has 2 rings (SSSR count). The van der Waals surface area contributed by atoms with Crippen molar-refractivity contribution < 1.29 is 9.90 Å². The summed E-state index contributed by atoms with van der Waals surface area (Å²) in [6, 6.07) is 8.44. The van der Waals surface area contributed by atoms with Crippen LogP contribution in [0, 0.1) is 6.92 Å². The van der Waals surface area contributed by atoms with E-state index in [1.54, 1.807) is 6.33 Å². The van der Waals surface area contributed by atoms with Crippen molar-refractivity contribution in [3.63, 3.8) is 0 Å². The summed E-state index contributed by atoms with van der Waals surface area (Å²) in [5.41, 5.74) is 2.40. The quantitative estimate of drug-likeness (QED) is 0.791. The highest BCUT2D eigenvalue weighted by Gasteiger charge is 2.09. The van der Waals surface area contributed by atoms with Crippen molar-refractivity contribution >= 4 is 12.2 Å². The molecular weight excluding hydrogens is 242 g/mol. The number of aliphatic imine (C=N–C) groups is 1. The lowest BCUT2D eigenvalue weighted by Gasteiger charge is -2.13. The van der Waals surface area contributed by atoms with Gasteiger partial charge in [0.25, 0.3) is 0 Å². The van der Waals surface area contributed by atoms with Gasteiger partial charge < -0.3 is 14.9 Å². The molecule has 1 aromatic carbocycles. The van der Waals surface area contributed by atoms with Gasteiger partial charge in [-0.3, -0.25) is 4.99 Å². The topological polar surface area (TPSA) is 81.2 Å². The lowest BCUT2D eigenvalue weighted by Crippen LogP contribution is -2.36. The second-order valence-corrected chi connectivity index (χ2v) is 4.22. The zero-order valence-electron chi connectivity index (χ0n) is 10.5. The maximum Gasteiger partial charge on any atom is 0.102 e. The van der Waals surface area contributed by atoms with Crippen LogP contribution >= 0.6 is 0 Å². The summed E-state index contributed by atoms with van der Waals surface area (Å²) in [5.74, 6) is -1.19. The molecule has 0 saturated heterocycles. The van der Waals surface area contributed by atoms with Gasteiger partial charge in [-0.1, -0.05) is 30.3 Å². The first-order chi connectivity index (χ1) is 9.16. The highest BCUT2D eigenvalue weighted by atomic mass is 16.4. The predicted octanol–water partition coefficient (Wildman–Crippen LogP) is 0.498. The number of aromatic nitrogens is 2. The van der Waals surface area contributed by atoms with E-state index in [1.807, 2.05) is 37.3 Å². The van der Waals surface area contributed by atoms with Gasteiger partial charge in [0.2, 0.25) is 0 Å².